The number of nitrogens with zero attached hydrogens (tertiary/aromatic N) is 2. The molecule has 1 aromatic heterocycles. The molecule has 1 aromatic carbocycles. The van der Waals surface area contributed by atoms with Crippen LogP contribution in [0.2, 0.25) is 0 Å². The molecule has 0 spiro atoms. The van der Waals surface area contributed by atoms with Gasteiger partial charge in [-0.25, -0.2) is 5.84 Å². The number of aromatic nitrogens is 2. The topological polar surface area (TPSA) is 72.9 Å². The summed E-state index contributed by atoms with van der Waals surface area (Å²) in [5, 5.41) is 4.59. The predicted molar refractivity (Wildman–Crippen MR) is 75.8 cm³/mol. The van der Waals surface area contributed by atoms with E-state index in [4.69, 9.17) is 5.84 Å². The van der Waals surface area contributed by atoms with Crippen LogP contribution in [0.1, 0.15) is 35.6 Å². The van der Waals surface area contributed by atoms with Gasteiger partial charge in [-0.15, -0.1) is 0 Å². The number of hydrogen-bond acceptors (Lipinski definition) is 3. The van der Waals surface area contributed by atoms with E-state index in [1.807, 2.05) is 35.1 Å². The summed E-state index contributed by atoms with van der Waals surface area (Å²) in [7, 11) is 0. The average molecular weight is 270 g/mol. The number of amides is 1. The molecule has 3 rings (SSSR count). The molecule has 1 amide bonds. The molecule has 1 fully saturated rings. The van der Waals surface area contributed by atoms with Gasteiger partial charge in [0.1, 0.15) is 0 Å². The predicted octanol–water partition coefficient (Wildman–Crippen LogP) is 1.34. The minimum atomic E-state index is -0.182. The first-order valence-corrected chi connectivity index (χ1v) is 6.85. The molecule has 1 saturated carbocycles. The zero-order valence-corrected chi connectivity index (χ0v) is 11.2. The van der Waals surface area contributed by atoms with Crippen molar-refractivity contribution in [1.29, 1.82) is 0 Å². The number of hydrazine groups is 1. The van der Waals surface area contributed by atoms with Crippen LogP contribution in [0.3, 0.4) is 0 Å². The monoisotopic (exact) mass is 270 g/mol. The molecule has 20 heavy (non-hydrogen) atoms. The summed E-state index contributed by atoms with van der Waals surface area (Å²) >= 11 is 0. The average Bonchev–Trinajstić information content (AvgIpc) is 3.21. The summed E-state index contributed by atoms with van der Waals surface area (Å²) in [4.78, 5) is 11.2. The van der Waals surface area contributed by atoms with E-state index in [2.05, 4.69) is 16.6 Å². The van der Waals surface area contributed by atoms with Crippen LogP contribution in [0, 0.1) is 0 Å². The maximum Gasteiger partial charge on any atom is 0.238 e. The lowest BCUT2D eigenvalue weighted by atomic mass is 10.1. The second-order valence-electron chi connectivity index (χ2n) is 5.27. The second kappa shape index (κ2) is 5.46. The lowest BCUT2D eigenvalue weighted by Crippen LogP contribution is -2.31. The highest BCUT2D eigenvalue weighted by atomic mass is 16.2. The summed E-state index contributed by atoms with van der Waals surface area (Å²) in [6.45, 7) is 0.760. The number of nitrogens with one attached hydrogen (secondary N) is 1. The molecular formula is C15H18N4O. The van der Waals surface area contributed by atoms with Crippen LogP contribution in [0.15, 0.2) is 36.5 Å². The number of hydrogen-bond donors (Lipinski definition) is 2. The number of carbonyl (C=O) groups is 1. The molecule has 1 aliphatic carbocycles. The van der Waals surface area contributed by atoms with Gasteiger partial charge in [-0.05, 0) is 30.0 Å². The van der Waals surface area contributed by atoms with Crippen molar-refractivity contribution >= 4 is 5.91 Å². The Kier molecular flexibility index (Phi) is 3.52. The third kappa shape index (κ3) is 3.05. The van der Waals surface area contributed by atoms with E-state index in [0.29, 0.717) is 12.3 Å². The van der Waals surface area contributed by atoms with E-state index in [1.54, 1.807) is 0 Å². The van der Waals surface area contributed by atoms with Crippen LogP contribution in [0.25, 0.3) is 0 Å². The fourth-order valence-electron chi connectivity index (χ4n) is 2.25. The fourth-order valence-corrected chi connectivity index (χ4v) is 2.25. The van der Waals surface area contributed by atoms with Crippen LogP contribution in [-0.2, 0) is 17.8 Å². The van der Waals surface area contributed by atoms with Crippen molar-refractivity contribution in [3.8, 4) is 0 Å². The molecule has 1 aliphatic rings. The molecule has 0 unspecified atom stereocenters. The molecule has 0 atom stereocenters. The maximum atomic E-state index is 11.2. The van der Waals surface area contributed by atoms with Gasteiger partial charge in [0.25, 0.3) is 0 Å². The van der Waals surface area contributed by atoms with E-state index in [-0.39, 0.29) is 5.91 Å². The molecular weight excluding hydrogens is 252 g/mol. The normalized spacial score (nSPS) is 14.2. The highest BCUT2D eigenvalue weighted by molar-refractivity contribution is 5.77. The van der Waals surface area contributed by atoms with Gasteiger partial charge in [0.05, 0.1) is 18.7 Å². The largest absolute Gasteiger partial charge is 0.294 e. The van der Waals surface area contributed by atoms with Crippen LogP contribution in [0.5, 0.6) is 0 Å². The quantitative estimate of drug-likeness (QED) is 0.489. The Balaban J connectivity index is 1.63. The molecule has 5 nitrogen and oxygen atoms in total. The summed E-state index contributed by atoms with van der Waals surface area (Å²) in [5.74, 6) is 5.58. The first kappa shape index (κ1) is 12.9. The highest BCUT2D eigenvalue weighted by Gasteiger charge is 2.25. The minimum absolute atomic E-state index is 0.182. The van der Waals surface area contributed by atoms with Gasteiger partial charge in [0.2, 0.25) is 5.91 Å². The van der Waals surface area contributed by atoms with Gasteiger partial charge in [-0.3, -0.25) is 14.9 Å². The van der Waals surface area contributed by atoms with Crippen LogP contribution in [-0.4, -0.2) is 15.7 Å². The number of carbonyl (C=O) groups excluding carboxylic acids is 1. The molecule has 5 heteroatoms. The smallest absolute Gasteiger partial charge is 0.238 e. The first-order valence-electron chi connectivity index (χ1n) is 6.85. The van der Waals surface area contributed by atoms with Crippen molar-refractivity contribution in [3.63, 3.8) is 0 Å². The SMILES string of the molecule is NNC(=O)Cc1ccc(Cn2ccc(C3CC3)n2)cc1. The Labute approximate surface area is 117 Å². The van der Waals surface area contributed by atoms with Gasteiger partial charge < -0.3 is 0 Å². The third-order valence-electron chi connectivity index (χ3n) is 3.55. The van der Waals surface area contributed by atoms with Crippen molar-refractivity contribution in [2.45, 2.75) is 31.7 Å². The van der Waals surface area contributed by atoms with Crippen molar-refractivity contribution in [2.75, 3.05) is 0 Å². The number of nitrogens with two attached hydrogens (primary N) is 1. The van der Waals surface area contributed by atoms with Crippen LogP contribution >= 0.6 is 0 Å². The second-order valence-corrected chi connectivity index (χ2v) is 5.27. The molecule has 0 aliphatic heterocycles. The molecule has 1 heterocycles. The lowest BCUT2D eigenvalue weighted by molar-refractivity contribution is -0.120. The highest BCUT2D eigenvalue weighted by Crippen LogP contribution is 2.38. The van der Waals surface area contributed by atoms with E-state index >= 15 is 0 Å². The van der Waals surface area contributed by atoms with Gasteiger partial charge in [0, 0.05) is 12.1 Å². The summed E-state index contributed by atoms with van der Waals surface area (Å²) in [6.07, 6.45) is 4.89. The van der Waals surface area contributed by atoms with E-state index < -0.39 is 0 Å². The van der Waals surface area contributed by atoms with Crippen molar-refractivity contribution in [2.24, 2.45) is 5.84 Å². The zero-order chi connectivity index (χ0) is 13.9. The van der Waals surface area contributed by atoms with Gasteiger partial charge in [0.15, 0.2) is 0 Å². The summed E-state index contributed by atoms with van der Waals surface area (Å²) < 4.78 is 1.97. The number of benzene rings is 1. The zero-order valence-electron chi connectivity index (χ0n) is 11.2. The Morgan fingerprint density at radius 2 is 1.95 bits per heavy atom. The van der Waals surface area contributed by atoms with Gasteiger partial charge in [-0.1, -0.05) is 24.3 Å². The van der Waals surface area contributed by atoms with E-state index in [1.165, 1.54) is 24.1 Å². The lowest BCUT2D eigenvalue weighted by Gasteiger charge is -2.04. The van der Waals surface area contributed by atoms with Crippen LogP contribution in [0.4, 0.5) is 0 Å². The maximum absolute atomic E-state index is 11.2. The Morgan fingerprint density at radius 1 is 1.25 bits per heavy atom. The van der Waals surface area contributed by atoms with E-state index in [9.17, 15) is 4.79 Å². The Hall–Kier alpha value is -2.14. The molecule has 0 saturated heterocycles. The standard InChI is InChI=1S/C15H18N4O/c16-17-15(20)9-11-1-3-12(4-2-11)10-19-8-7-14(18-19)13-5-6-13/h1-4,7-8,13H,5-6,9-10,16H2,(H,17,20). The van der Waals surface area contributed by atoms with Crippen molar-refractivity contribution < 1.29 is 4.79 Å². The third-order valence-corrected chi connectivity index (χ3v) is 3.55. The Morgan fingerprint density at radius 3 is 2.60 bits per heavy atom. The molecule has 104 valence electrons. The van der Waals surface area contributed by atoms with E-state index in [0.717, 1.165) is 12.1 Å². The first-order chi connectivity index (χ1) is 9.74. The molecule has 0 bridgehead atoms. The molecule has 3 N–H and O–H groups in total. The summed E-state index contributed by atoms with van der Waals surface area (Å²) in [6, 6.07) is 10.1. The Bertz CT molecular complexity index is 599. The minimum Gasteiger partial charge on any atom is -0.294 e. The summed E-state index contributed by atoms with van der Waals surface area (Å²) in [5.41, 5.74) is 5.47. The number of rotatable bonds is 5. The van der Waals surface area contributed by atoms with Crippen molar-refractivity contribution in [3.05, 3.63) is 53.3 Å². The van der Waals surface area contributed by atoms with Gasteiger partial charge >= 0.3 is 0 Å². The molecule has 0 radical (unpaired) electrons. The van der Waals surface area contributed by atoms with Crippen LogP contribution < -0.4 is 11.3 Å². The fraction of sp³-hybridized carbons (Fsp3) is 0.333. The van der Waals surface area contributed by atoms with Gasteiger partial charge in [-0.2, -0.15) is 5.10 Å². The van der Waals surface area contributed by atoms with Crippen molar-refractivity contribution in [1.82, 2.24) is 15.2 Å². The molecule has 2 aromatic rings.